The highest BCUT2D eigenvalue weighted by Crippen LogP contribution is 2.29. The van der Waals surface area contributed by atoms with Crippen LogP contribution in [0.5, 0.6) is 0 Å². The molecular formula is C23H22F2N4O2S. The second-order valence-corrected chi connectivity index (χ2v) is 10.2. The van der Waals surface area contributed by atoms with E-state index in [4.69, 9.17) is 0 Å². The SMILES string of the molecule is C=S(=O)(Nc1ccc(F)c(C(=O)c2c[nH]c3ncncc23)c1F)C1C=CC(C(C)C)=CC1. The average molecular weight is 457 g/mol. The largest absolute Gasteiger partial charge is 0.345 e. The number of halogens is 2. The van der Waals surface area contributed by atoms with E-state index in [9.17, 15) is 13.4 Å². The van der Waals surface area contributed by atoms with E-state index in [0.717, 1.165) is 17.7 Å². The van der Waals surface area contributed by atoms with E-state index in [1.54, 1.807) is 6.08 Å². The van der Waals surface area contributed by atoms with Crippen LogP contribution in [0.25, 0.3) is 11.0 Å². The highest BCUT2D eigenvalue weighted by atomic mass is 32.2. The van der Waals surface area contributed by atoms with Gasteiger partial charge in [-0.3, -0.25) is 4.79 Å². The van der Waals surface area contributed by atoms with Gasteiger partial charge >= 0.3 is 0 Å². The van der Waals surface area contributed by atoms with Crippen molar-refractivity contribution in [3.05, 3.63) is 77.4 Å². The normalized spacial score (nSPS) is 17.9. The van der Waals surface area contributed by atoms with Crippen LogP contribution in [-0.4, -0.2) is 36.1 Å². The summed E-state index contributed by atoms with van der Waals surface area (Å²) in [7, 11) is -3.03. The predicted molar refractivity (Wildman–Crippen MR) is 123 cm³/mol. The third-order valence-electron chi connectivity index (χ3n) is 5.45. The number of anilines is 1. The molecule has 0 amide bonds. The van der Waals surface area contributed by atoms with Gasteiger partial charge in [-0.25, -0.2) is 23.0 Å². The molecule has 2 aromatic heterocycles. The summed E-state index contributed by atoms with van der Waals surface area (Å²) < 4.78 is 45.7. The van der Waals surface area contributed by atoms with Gasteiger partial charge in [0.05, 0.1) is 31.8 Å². The van der Waals surface area contributed by atoms with Gasteiger partial charge in [0, 0.05) is 17.8 Å². The van der Waals surface area contributed by atoms with Crippen molar-refractivity contribution in [3.8, 4) is 0 Å². The summed E-state index contributed by atoms with van der Waals surface area (Å²) in [5, 5.41) is -0.130. The molecule has 2 N–H and O–H groups in total. The van der Waals surface area contributed by atoms with Crippen molar-refractivity contribution >= 4 is 38.1 Å². The smallest absolute Gasteiger partial charge is 0.201 e. The van der Waals surface area contributed by atoms with Gasteiger partial charge in [0.1, 0.15) is 17.8 Å². The number of carbonyl (C=O) groups excluding carboxylic acids is 1. The van der Waals surface area contributed by atoms with E-state index in [1.807, 2.05) is 12.2 Å². The molecule has 0 spiro atoms. The molecule has 0 aliphatic heterocycles. The molecule has 3 aromatic rings. The van der Waals surface area contributed by atoms with Crippen LogP contribution in [0.3, 0.4) is 0 Å². The fourth-order valence-electron chi connectivity index (χ4n) is 3.61. The Morgan fingerprint density at radius 3 is 2.81 bits per heavy atom. The zero-order chi connectivity index (χ0) is 23.0. The molecule has 32 heavy (non-hydrogen) atoms. The van der Waals surface area contributed by atoms with Crippen molar-refractivity contribution < 1.29 is 17.8 Å². The first-order chi connectivity index (χ1) is 15.2. The molecule has 0 radical (unpaired) electrons. The minimum absolute atomic E-state index is 0.0347. The third-order valence-corrected chi connectivity index (χ3v) is 7.34. The molecule has 0 saturated heterocycles. The van der Waals surface area contributed by atoms with Crippen LogP contribution < -0.4 is 4.72 Å². The fraction of sp³-hybridized carbons (Fsp3) is 0.217. The second kappa shape index (κ2) is 8.31. The van der Waals surface area contributed by atoms with Gasteiger partial charge in [0.2, 0.25) is 5.78 Å². The Hall–Kier alpha value is -3.33. The maximum Gasteiger partial charge on any atom is 0.201 e. The zero-order valence-electron chi connectivity index (χ0n) is 17.6. The van der Waals surface area contributed by atoms with E-state index < -0.39 is 37.9 Å². The molecule has 0 fully saturated rings. The molecule has 166 valence electrons. The number of hydrogen-bond donors (Lipinski definition) is 2. The van der Waals surface area contributed by atoms with Crippen LogP contribution in [0.2, 0.25) is 0 Å². The molecule has 2 heterocycles. The number of aromatic amines is 1. The van der Waals surface area contributed by atoms with Crippen LogP contribution >= 0.6 is 0 Å². The summed E-state index contributed by atoms with van der Waals surface area (Å²) in [5.41, 5.74) is 0.526. The molecular weight excluding hydrogens is 434 g/mol. The topological polar surface area (TPSA) is 87.7 Å². The Balaban J connectivity index is 1.66. The molecule has 2 unspecified atom stereocenters. The van der Waals surface area contributed by atoms with E-state index in [1.165, 1.54) is 18.7 Å². The Labute approximate surface area is 184 Å². The van der Waals surface area contributed by atoms with E-state index in [0.29, 0.717) is 23.4 Å². The first-order valence-corrected chi connectivity index (χ1v) is 11.8. The maximum absolute atomic E-state index is 15.3. The summed E-state index contributed by atoms with van der Waals surface area (Å²) in [4.78, 5) is 23.6. The van der Waals surface area contributed by atoms with Crippen molar-refractivity contribution in [2.75, 3.05) is 4.72 Å². The number of ketones is 1. The number of benzene rings is 1. The van der Waals surface area contributed by atoms with E-state index in [-0.39, 0.29) is 11.3 Å². The number of nitrogens with zero attached hydrogens (tertiary/aromatic N) is 2. The number of fused-ring (bicyclic) bond motifs is 1. The number of aromatic nitrogens is 3. The number of carbonyl (C=O) groups is 1. The van der Waals surface area contributed by atoms with Crippen LogP contribution in [0.15, 0.2) is 54.7 Å². The Morgan fingerprint density at radius 2 is 2.12 bits per heavy atom. The maximum atomic E-state index is 15.3. The van der Waals surface area contributed by atoms with Crippen molar-refractivity contribution in [2.45, 2.75) is 25.5 Å². The highest BCUT2D eigenvalue weighted by Gasteiger charge is 2.27. The fourth-order valence-corrected chi connectivity index (χ4v) is 5.03. The van der Waals surface area contributed by atoms with Crippen LogP contribution in [0.4, 0.5) is 14.5 Å². The van der Waals surface area contributed by atoms with Crippen molar-refractivity contribution in [1.82, 2.24) is 15.0 Å². The second-order valence-electron chi connectivity index (χ2n) is 7.92. The number of nitrogens with one attached hydrogen (secondary N) is 2. The van der Waals surface area contributed by atoms with Crippen LogP contribution in [0.1, 0.15) is 36.2 Å². The summed E-state index contributed by atoms with van der Waals surface area (Å²) in [6.07, 6.45) is 10.2. The lowest BCUT2D eigenvalue weighted by atomic mass is 9.97. The Morgan fingerprint density at radius 1 is 1.34 bits per heavy atom. The highest BCUT2D eigenvalue weighted by molar-refractivity contribution is 8.02. The van der Waals surface area contributed by atoms with Gasteiger partial charge in [-0.2, -0.15) is 0 Å². The summed E-state index contributed by atoms with van der Waals surface area (Å²) in [6, 6.07) is 2.08. The quantitative estimate of drug-likeness (QED) is 0.425. The number of allylic oxidation sites excluding steroid dienone is 3. The van der Waals surface area contributed by atoms with E-state index in [2.05, 4.69) is 39.4 Å². The predicted octanol–water partition coefficient (Wildman–Crippen LogP) is 4.42. The van der Waals surface area contributed by atoms with E-state index >= 15 is 4.39 Å². The number of hydrogen-bond acceptors (Lipinski definition) is 4. The van der Waals surface area contributed by atoms with Crippen LogP contribution in [0, 0.1) is 17.6 Å². The van der Waals surface area contributed by atoms with Crippen molar-refractivity contribution in [1.29, 1.82) is 0 Å². The van der Waals surface area contributed by atoms with Gasteiger partial charge in [0.15, 0.2) is 5.82 Å². The third kappa shape index (κ3) is 3.95. The van der Waals surface area contributed by atoms with Gasteiger partial charge in [-0.05, 0) is 35.9 Å². The van der Waals surface area contributed by atoms with Gasteiger partial charge in [-0.1, -0.05) is 32.1 Å². The molecule has 9 heteroatoms. The van der Waals surface area contributed by atoms with Gasteiger partial charge < -0.3 is 9.71 Å². The minimum Gasteiger partial charge on any atom is -0.345 e. The first kappa shape index (κ1) is 21.9. The molecule has 0 bridgehead atoms. The number of H-pyrrole nitrogens is 1. The summed E-state index contributed by atoms with van der Waals surface area (Å²) >= 11 is 0. The molecule has 2 atom stereocenters. The molecule has 4 rings (SSSR count). The van der Waals surface area contributed by atoms with Gasteiger partial charge in [0.25, 0.3) is 0 Å². The molecule has 6 nitrogen and oxygen atoms in total. The Bertz CT molecular complexity index is 1370. The summed E-state index contributed by atoms with van der Waals surface area (Å²) in [5.74, 6) is 1.06. The minimum atomic E-state index is -3.03. The zero-order valence-corrected chi connectivity index (χ0v) is 18.4. The molecule has 1 aromatic carbocycles. The summed E-state index contributed by atoms with van der Waals surface area (Å²) in [6.45, 7) is 4.12. The lowest BCUT2D eigenvalue weighted by Crippen LogP contribution is -2.28. The molecule has 1 aliphatic rings. The molecule has 0 saturated carbocycles. The monoisotopic (exact) mass is 456 g/mol. The first-order valence-electron chi connectivity index (χ1n) is 10.0. The standard InChI is InChI=1S/C23H22F2N4O2S/c1-13(2)14-4-6-15(7-5-14)32(3,31)29-19-9-8-18(24)20(21(19)25)22(30)16-11-27-23-17(16)10-26-12-28-23/h4-6,8-13,15H,3,7H2,1-2H3,(H,29,31)(H,26,27,28). The van der Waals surface area contributed by atoms with Crippen molar-refractivity contribution in [2.24, 2.45) is 5.92 Å². The lowest BCUT2D eigenvalue weighted by molar-refractivity contribution is 0.103. The number of rotatable bonds is 6. The average Bonchev–Trinajstić information content (AvgIpc) is 3.20. The molecule has 1 aliphatic carbocycles. The lowest BCUT2D eigenvalue weighted by Gasteiger charge is -2.23. The van der Waals surface area contributed by atoms with Gasteiger partial charge in [-0.15, -0.1) is 0 Å². The Kier molecular flexibility index (Phi) is 5.68. The van der Waals surface area contributed by atoms with Crippen LogP contribution in [-0.2, 0) is 9.71 Å². The van der Waals surface area contributed by atoms with Crippen molar-refractivity contribution in [3.63, 3.8) is 0 Å².